The van der Waals surface area contributed by atoms with E-state index < -0.39 is 29.1 Å². The molecular formula is C17H14Cl2N2O7. The second kappa shape index (κ2) is 9.25. The molecule has 1 N–H and O–H groups in total. The van der Waals surface area contributed by atoms with Gasteiger partial charge in [0.1, 0.15) is 5.56 Å². The number of amides is 1. The molecule has 11 heteroatoms. The number of rotatable bonds is 7. The number of nitrogens with one attached hydrogen (secondary N) is 1. The largest absolute Gasteiger partial charge is 0.493 e. The molecule has 0 aromatic heterocycles. The molecular weight excluding hydrogens is 415 g/mol. The van der Waals surface area contributed by atoms with Crippen molar-refractivity contribution in [3.63, 3.8) is 0 Å². The molecule has 0 aliphatic heterocycles. The number of ether oxygens (including phenoxy) is 3. The van der Waals surface area contributed by atoms with Crippen molar-refractivity contribution in [3.8, 4) is 11.5 Å². The quantitative estimate of drug-likeness (QED) is 0.405. The molecule has 0 aliphatic rings. The Kier molecular flexibility index (Phi) is 7.02. The zero-order valence-electron chi connectivity index (χ0n) is 14.7. The van der Waals surface area contributed by atoms with Crippen LogP contribution in [0.3, 0.4) is 0 Å². The van der Waals surface area contributed by atoms with Gasteiger partial charge in [-0.3, -0.25) is 14.9 Å². The van der Waals surface area contributed by atoms with Crippen LogP contribution in [0.5, 0.6) is 11.5 Å². The van der Waals surface area contributed by atoms with E-state index in [1.165, 1.54) is 32.4 Å². The molecule has 148 valence electrons. The third kappa shape index (κ3) is 5.02. The Bertz CT molecular complexity index is 934. The fourth-order valence-electron chi connectivity index (χ4n) is 2.16. The van der Waals surface area contributed by atoms with E-state index in [0.29, 0.717) is 10.7 Å². The molecule has 0 unspecified atom stereocenters. The summed E-state index contributed by atoms with van der Waals surface area (Å²) in [7, 11) is 2.61. The molecule has 9 nitrogen and oxygen atoms in total. The maximum atomic E-state index is 12.3. The van der Waals surface area contributed by atoms with Crippen LogP contribution in [0.4, 0.5) is 11.4 Å². The molecule has 0 radical (unpaired) electrons. The van der Waals surface area contributed by atoms with Crippen molar-refractivity contribution in [1.29, 1.82) is 0 Å². The maximum absolute atomic E-state index is 12.3. The van der Waals surface area contributed by atoms with Crippen molar-refractivity contribution >= 4 is 46.5 Å². The van der Waals surface area contributed by atoms with Crippen LogP contribution >= 0.6 is 23.2 Å². The van der Waals surface area contributed by atoms with E-state index >= 15 is 0 Å². The number of methoxy groups -OCH3 is 2. The van der Waals surface area contributed by atoms with Crippen LogP contribution in [-0.4, -0.2) is 37.6 Å². The molecule has 0 fully saturated rings. The Balaban J connectivity index is 2.12. The molecule has 28 heavy (non-hydrogen) atoms. The third-order valence-corrected chi connectivity index (χ3v) is 4.20. The fourth-order valence-corrected chi connectivity index (χ4v) is 2.46. The lowest BCUT2D eigenvalue weighted by atomic mass is 10.1. The van der Waals surface area contributed by atoms with E-state index in [-0.39, 0.29) is 22.1 Å². The van der Waals surface area contributed by atoms with Gasteiger partial charge in [0.25, 0.3) is 11.6 Å². The molecule has 2 aromatic carbocycles. The van der Waals surface area contributed by atoms with Gasteiger partial charge in [-0.1, -0.05) is 23.2 Å². The third-order valence-electron chi connectivity index (χ3n) is 3.46. The standard InChI is InChI=1S/C17H14Cl2N2O7/c1-26-14-6-10(13(21(24)25)7-15(14)27-2)17(23)28-8-16(22)20-9-3-4-11(18)12(19)5-9/h3-7H,8H2,1-2H3,(H,20,22). The summed E-state index contributed by atoms with van der Waals surface area (Å²) in [5.74, 6) is -1.57. The van der Waals surface area contributed by atoms with E-state index in [1.54, 1.807) is 0 Å². The second-order valence-electron chi connectivity index (χ2n) is 5.23. The summed E-state index contributed by atoms with van der Waals surface area (Å²) in [6.07, 6.45) is 0. The van der Waals surface area contributed by atoms with E-state index in [4.69, 9.17) is 37.4 Å². The topological polar surface area (TPSA) is 117 Å². The number of halogens is 2. The van der Waals surface area contributed by atoms with E-state index in [2.05, 4.69) is 5.32 Å². The Morgan fingerprint density at radius 1 is 1.07 bits per heavy atom. The summed E-state index contributed by atoms with van der Waals surface area (Å²) in [5.41, 5.74) is -0.593. The molecule has 0 aliphatic carbocycles. The van der Waals surface area contributed by atoms with Crippen LogP contribution in [0.15, 0.2) is 30.3 Å². The first kappa shape index (κ1) is 21.3. The average Bonchev–Trinajstić information content (AvgIpc) is 2.67. The van der Waals surface area contributed by atoms with Crippen molar-refractivity contribution in [1.82, 2.24) is 0 Å². The first-order chi connectivity index (χ1) is 13.3. The van der Waals surface area contributed by atoms with Crippen molar-refractivity contribution in [2.45, 2.75) is 0 Å². The SMILES string of the molecule is COc1cc(C(=O)OCC(=O)Nc2ccc(Cl)c(Cl)c2)c([N+](=O)[O-])cc1OC. The molecule has 0 spiro atoms. The van der Waals surface area contributed by atoms with Crippen LogP contribution in [0.1, 0.15) is 10.4 Å². The zero-order valence-corrected chi connectivity index (χ0v) is 16.2. The van der Waals surface area contributed by atoms with Gasteiger partial charge in [0, 0.05) is 11.8 Å². The first-order valence-corrected chi connectivity index (χ1v) is 8.34. The number of hydrogen-bond donors (Lipinski definition) is 1. The molecule has 1 amide bonds. The number of benzene rings is 2. The van der Waals surface area contributed by atoms with Crippen LogP contribution in [0, 0.1) is 10.1 Å². The van der Waals surface area contributed by atoms with Gasteiger partial charge >= 0.3 is 5.97 Å². The number of nitro benzene ring substituents is 1. The highest BCUT2D eigenvalue weighted by atomic mass is 35.5. The smallest absolute Gasteiger partial charge is 0.345 e. The van der Waals surface area contributed by atoms with Crippen molar-refractivity contribution < 1.29 is 28.7 Å². The van der Waals surface area contributed by atoms with E-state index in [0.717, 1.165) is 12.1 Å². The van der Waals surface area contributed by atoms with Gasteiger partial charge < -0.3 is 19.5 Å². The summed E-state index contributed by atoms with van der Waals surface area (Å²) in [4.78, 5) is 34.7. The molecule has 0 saturated carbocycles. The average molecular weight is 429 g/mol. The maximum Gasteiger partial charge on any atom is 0.345 e. The summed E-state index contributed by atoms with van der Waals surface area (Å²) in [6, 6.07) is 6.55. The highest BCUT2D eigenvalue weighted by Gasteiger charge is 2.26. The Morgan fingerprint density at radius 3 is 2.29 bits per heavy atom. The Labute approximate surface area is 169 Å². The van der Waals surface area contributed by atoms with Gasteiger partial charge in [-0.15, -0.1) is 0 Å². The number of nitro groups is 1. The Hall–Kier alpha value is -3.04. The number of carbonyl (C=O) groups is 2. The minimum Gasteiger partial charge on any atom is -0.493 e. The highest BCUT2D eigenvalue weighted by Crippen LogP contribution is 2.34. The number of anilines is 1. The Morgan fingerprint density at radius 2 is 1.71 bits per heavy atom. The molecule has 0 saturated heterocycles. The summed E-state index contributed by atoms with van der Waals surface area (Å²) < 4.78 is 14.9. The predicted octanol–water partition coefficient (Wildman–Crippen LogP) is 3.71. The number of nitrogens with zero attached hydrogens (tertiary/aromatic N) is 1. The highest BCUT2D eigenvalue weighted by molar-refractivity contribution is 6.42. The normalized spacial score (nSPS) is 10.1. The fraction of sp³-hybridized carbons (Fsp3) is 0.176. The van der Waals surface area contributed by atoms with Crippen LogP contribution in [0.25, 0.3) is 0 Å². The molecule has 2 aromatic rings. The van der Waals surface area contributed by atoms with Crippen LogP contribution < -0.4 is 14.8 Å². The van der Waals surface area contributed by atoms with E-state index in [1.807, 2.05) is 0 Å². The van der Waals surface area contributed by atoms with Crippen LogP contribution in [-0.2, 0) is 9.53 Å². The summed E-state index contributed by atoms with van der Waals surface area (Å²) in [6.45, 7) is -0.676. The van der Waals surface area contributed by atoms with Crippen molar-refractivity contribution in [2.24, 2.45) is 0 Å². The summed E-state index contributed by atoms with van der Waals surface area (Å²) >= 11 is 11.6. The molecule has 2 rings (SSSR count). The number of hydrogen-bond acceptors (Lipinski definition) is 7. The minimum atomic E-state index is -1.07. The van der Waals surface area contributed by atoms with Gasteiger partial charge in [0.05, 0.1) is 35.3 Å². The van der Waals surface area contributed by atoms with Gasteiger partial charge in [0.2, 0.25) is 0 Å². The molecule has 0 atom stereocenters. The minimum absolute atomic E-state index is 0.0723. The number of carbonyl (C=O) groups excluding carboxylic acids is 2. The van der Waals surface area contributed by atoms with Crippen LogP contribution in [0.2, 0.25) is 10.0 Å². The van der Waals surface area contributed by atoms with Gasteiger partial charge in [-0.25, -0.2) is 4.79 Å². The van der Waals surface area contributed by atoms with Gasteiger partial charge in [-0.05, 0) is 18.2 Å². The van der Waals surface area contributed by atoms with Crippen molar-refractivity contribution in [2.75, 3.05) is 26.1 Å². The van der Waals surface area contributed by atoms with Gasteiger partial charge in [-0.2, -0.15) is 0 Å². The zero-order chi connectivity index (χ0) is 20.8. The lowest BCUT2D eigenvalue weighted by Crippen LogP contribution is -2.21. The second-order valence-corrected chi connectivity index (χ2v) is 6.05. The summed E-state index contributed by atoms with van der Waals surface area (Å²) in [5, 5.41) is 14.2. The lowest BCUT2D eigenvalue weighted by molar-refractivity contribution is -0.385. The monoisotopic (exact) mass is 428 g/mol. The molecule has 0 heterocycles. The predicted molar refractivity (Wildman–Crippen MR) is 102 cm³/mol. The lowest BCUT2D eigenvalue weighted by Gasteiger charge is -2.11. The first-order valence-electron chi connectivity index (χ1n) is 7.59. The molecule has 0 bridgehead atoms. The number of esters is 1. The van der Waals surface area contributed by atoms with E-state index in [9.17, 15) is 19.7 Å². The van der Waals surface area contributed by atoms with Crippen molar-refractivity contribution in [3.05, 3.63) is 56.1 Å². The van der Waals surface area contributed by atoms with Gasteiger partial charge in [0.15, 0.2) is 18.1 Å².